The van der Waals surface area contributed by atoms with Gasteiger partial charge in [-0.1, -0.05) is 47.1 Å². The highest BCUT2D eigenvalue weighted by atomic mass is 35.5. The van der Waals surface area contributed by atoms with Crippen LogP contribution in [0.25, 0.3) is 0 Å². The molecule has 1 aromatic heterocycles. The van der Waals surface area contributed by atoms with E-state index in [0.29, 0.717) is 27.8 Å². The summed E-state index contributed by atoms with van der Waals surface area (Å²) in [5.41, 5.74) is -0.677. The summed E-state index contributed by atoms with van der Waals surface area (Å²) in [7, 11) is 0. The Morgan fingerprint density at radius 3 is 2.69 bits per heavy atom. The molecule has 2 heterocycles. The van der Waals surface area contributed by atoms with Crippen LogP contribution in [0.1, 0.15) is 36.3 Å². The van der Waals surface area contributed by atoms with Gasteiger partial charge in [0.05, 0.1) is 22.8 Å². The molecule has 1 aliphatic heterocycles. The number of ether oxygens (including phenoxy) is 1. The molecule has 0 radical (unpaired) electrons. The number of benzene rings is 1. The van der Waals surface area contributed by atoms with Gasteiger partial charge < -0.3 is 20.1 Å². The van der Waals surface area contributed by atoms with Crippen molar-refractivity contribution in [3.63, 3.8) is 0 Å². The van der Waals surface area contributed by atoms with Gasteiger partial charge in [0.2, 0.25) is 0 Å². The van der Waals surface area contributed by atoms with E-state index in [1.54, 1.807) is 18.2 Å². The molecule has 0 amide bonds. The number of aromatic nitrogens is 3. The van der Waals surface area contributed by atoms with Crippen LogP contribution in [-0.2, 0) is 4.74 Å². The molecule has 0 spiro atoms. The predicted octanol–water partition coefficient (Wildman–Crippen LogP) is 2.34. The lowest BCUT2D eigenvalue weighted by atomic mass is 9.97. The second-order valence-electron chi connectivity index (χ2n) is 6.65. The smallest absolute Gasteiger partial charge is 0.184 e. The molecule has 1 saturated heterocycles. The van der Waals surface area contributed by atoms with Crippen molar-refractivity contribution >= 4 is 40.7 Å². The van der Waals surface area contributed by atoms with E-state index in [2.05, 4.69) is 10.3 Å². The summed E-state index contributed by atoms with van der Waals surface area (Å²) in [4.78, 5) is 12.7. The van der Waals surface area contributed by atoms with Crippen molar-refractivity contribution in [1.82, 2.24) is 15.0 Å². The normalized spacial score (nSPS) is 27.2. The van der Waals surface area contributed by atoms with Gasteiger partial charge in [0, 0.05) is 11.3 Å². The van der Waals surface area contributed by atoms with Crippen LogP contribution in [0, 0.1) is 0 Å². The van der Waals surface area contributed by atoms with Crippen LogP contribution >= 0.6 is 35.0 Å². The molecule has 1 aliphatic rings. The van der Waals surface area contributed by atoms with E-state index in [4.69, 9.17) is 27.9 Å². The minimum Gasteiger partial charge on any atom is -0.394 e. The fraction of sp³-hybridized carbons (Fsp3) is 0.500. The third kappa shape index (κ3) is 4.93. The monoisotopic (exact) mass is 461 g/mol. The fourth-order valence-electron chi connectivity index (χ4n) is 3.07. The lowest BCUT2D eigenvalue weighted by Gasteiger charge is -2.41. The average molecular weight is 462 g/mol. The number of aliphatic hydroxyl groups excluding tert-OH is 3. The van der Waals surface area contributed by atoms with Gasteiger partial charge in [0.15, 0.2) is 5.78 Å². The van der Waals surface area contributed by atoms with Gasteiger partial charge >= 0.3 is 0 Å². The van der Waals surface area contributed by atoms with Crippen molar-refractivity contribution < 1.29 is 24.9 Å². The van der Waals surface area contributed by atoms with Crippen LogP contribution in [0.2, 0.25) is 10.0 Å². The number of carbonyl (C=O) groups excluding carboxylic acids is 1. The predicted molar refractivity (Wildman–Crippen MR) is 108 cm³/mol. The Hall–Kier alpha value is -1.20. The molecule has 5 atom stereocenters. The van der Waals surface area contributed by atoms with Gasteiger partial charge in [-0.3, -0.25) is 4.79 Å². The van der Waals surface area contributed by atoms with Crippen LogP contribution in [0.3, 0.4) is 0 Å². The first-order valence-corrected chi connectivity index (χ1v) is 10.7. The third-order valence-electron chi connectivity index (χ3n) is 4.57. The Labute approximate surface area is 181 Å². The standard InChI is InChI=1S/C18H21Cl2N3O5S/c1-2-3-13(25)12-7-23(22-21-12)15-16(26)14(8-24)28-18(17(15)27)29-9-4-5-10(19)11(20)6-9/h4-7,14-18,24,26-27H,2-3,8H2,1H3. The summed E-state index contributed by atoms with van der Waals surface area (Å²) < 4.78 is 6.94. The first-order valence-electron chi connectivity index (χ1n) is 9.04. The van der Waals surface area contributed by atoms with Gasteiger partial charge in [-0.25, -0.2) is 4.68 Å². The maximum atomic E-state index is 12.1. The van der Waals surface area contributed by atoms with Gasteiger partial charge in [0.1, 0.15) is 35.5 Å². The molecular formula is C18H21Cl2N3O5S. The highest BCUT2D eigenvalue weighted by Crippen LogP contribution is 2.39. The summed E-state index contributed by atoms with van der Waals surface area (Å²) in [5, 5.41) is 39.6. The second-order valence-corrected chi connectivity index (χ2v) is 8.63. The van der Waals surface area contributed by atoms with Crippen molar-refractivity contribution in [3.05, 3.63) is 40.1 Å². The number of nitrogens with zero attached hydrogens (tertiary/aromatic N) is 3. The van der Waals surface area contributed by atoms with Crippen molar-refractivity contribution in [2.75, 3.05) is 6.61 Å². The number of Topliss-reactive ketones (excluding diaryl/α,β-unsaturated/α-hetero) is 1. The number of hydrogen-bond donors (Lipinski definition) is 3. The molecule has 1 aromatic carbocycles. The fourth-order valence-corrected chi connectivity index (χ4v) is 4.53. The molecule has 0 bridgehead atoms. The minimum absolute atomic E-state index is 0.159. The van der Waals surface area contributed by atoms with E-state index in [-0.39, 0.29) is 11.5 Å². The SMILES string of the molecule is CCCC(=O)c1cn(C2C(O)C(CO)OC(Sc3ccc(Cl)c(Cl)c3)C2O)nn1. The van der Waals surface area contributed by atoms with Crippen LogP contribution in [0.5, 0.6) is 0 Å². The Morgan fingerprint density at radius 1 is 1.28 bits per heavy atom. The maximum Gasteiger partial charge on any atom is 0.184 e. The quantitative estimate of drug-likeness (QED) is 0.537. The second kappa shape index (κ2) is 9.74. The average Bonchev–Trinajstić information content (AvgIpc) is 3.17. The zero-order valence-corrected chi connectivity index (χ0v) is 17.8. The zero-order valence-electron chi connectivity index (χ0n) is 15.5. The van der Waals surface area contributed by atoms with Crippen LogP contribution < -0.4 is 0 Å². The molecule has 5 unspecified atom stereocenters. The lowest BCUT2D eigenvalue weighted by Crippen LogP contribution is -2.55. The van der Waals surface area contributed by atoms with Gasteiger partial charge in [-0.05, 0) is 24.6 Å². The van der Waals surface area contributed by atoms with Gasteiger partial charge in [-0.15, -0.1) is 5.10 Å². The highest BCUT2D eigenvalue weighted by molar-refractivity contribution is 7.99. The van der Waals surface area contributed by atoms with Crippen molar-refractivity contribution in [2.24, 2.45) is 0 Å². The van der Waals surface area contributed by atoms with Crippen LogP contribution in [-0.4, -0.2) is 66.5 Å². The first kappa shape index (κ1) is 22.5. The van der Waals surface area contributed by atoms with E-state index < -0.39 is 36.4 Å². The molecule has 29 heavy (non-hydrogen) atoms. The number of carbonyl (C=O) groups is 1. The molecule has 1 fully saturated rings. The molecule has 11 heteroatoms. The summed E-state index contributed by atoms with van der Waals surface area (Å²) >= 11 is 13.2. The molecule has 158 valence electrons. The highest BCUT2D eigenvalue weighted by Gasteiger charge is 2.46. The number of hydrogen-bond acceptors (Lipinski definition) is 8. The number of halogens is 2. The number of thioether (sulfide) groups is 1. The summed E-state index contributed by atoms with van der Waals surface area (Å²) in [6.45, 7) is 1.42. The van der Waals surface area contributed by atoms with E-state index in [0.717, 1.165) is 0 Å². The Morgan fingerprint density at radius 2 is 2.03 bits per heavy atom. The summed E-state index contributed by atoms with van der Waals surface area (Å²) in [6.07, 6.45) is -1.02. The Bertz CT molecular complexity index is 868. The van der Waals surface area contributed by atoms with E-state index in [9.17, 15) is 20.1 Å². The lowest BCUT2D eigenvalue weighted by molar-refractivity contribution is -0.178. The molecular weight excluding hydrogens is 441 g/mol. The van der Waals surface area contributed by atoms with Gasteiger partial charge in [-0.2, -0.15) is 0 Å². The minimum atomic E-state index is -1.25. The zero-order chi connectivity index (χ0) is 21.1. The van der Waals surface area contributed by atoms with Crippen molar-refractivity contribution in [3.8, 4) is 0 Å². The molecule has 8 nitrogen and oxygen atoms in total. The first-order chi connectivity index (χ1) is 13.8. The molecule has 3 rings (SSSR count). The Balaban J connectivity index is 1.85. The van der Waals surface area contributed by atoms with E-state index >= 15 is 0 Å². The van der Waals surface area contributed by atoms with Crippen molar-refractivity contribution in [2.45, 2.75) is 54.5 Å². The number of ketones is 1. The maximum absolute atomic E-state index is 12.1. The molecule has 3 N–H and O–H groups in total. The number of aliphatic hydroxyl groups is 3. The topological polar surface area (TPSA) is 118 Å². The van der Waals surface area contributed by atoms with Gasteiger partial charge in [0.25, 0.3) is 0 Å². The van der Waals surface area contributed by atoms with E-state index in [1.807, 2.05) is 6.92 Å². The summed E-state index contributed by atoms with van der Waals surface area (Å²) in [6, 6.07) is 4.02. The van der Waals surface area contributed by atoms with E-state index in [1.165, 1.54) is 22.6 Å². The van der Waals surface area contributed by atoms with Crippen LogP contribution in [0.15, 0.2) is 29.3 Å². The largest absolute Gasteiger partial charge is 0.394 e. The van der Waals surface area contributed by atoms with Crippen molar-refractivity contribution in [1.29, 1.82) is 0 Å². The summed E-state index contributed by atoms with van der Waals surface area (Å²) in [5.74, 6) is -0.171. The molecule has 2 aromatic rings. The number of rotatable bonds is 7. The third-order valence-corrected chi connectivity index (χ3v) is 6.46. The Kier molecular flexibility index (Phi) is 7.55. The van der Waals surface area contributed by atoms with Crippen LogP contribution in [0.4, 0.5) is 0 Å². The molecule has 0 aliphatic carbocycles. The molecule has 0 saturated carbocycles.